The molecular weight excluding hydrogens is 741 g/mol. The van der Waals surface area contributed by atoms with Gasteiger partial charge in [0.25, 0.3) is 20.2 Å². The molecule has 0 heterocycles. The topological polar surface area (TPSA) is 194 Å². The van der Waals surface area contributed by atoms with Gasteiger partial charge in [0.15, 0.2) is 0 Å². The zero-order valence-electron chi connectivity index (χ0n) is 30.1. The first-order valence-electron chi connectivity index (χ1n) is 17.2. The third kappa shape index (κ3) is 9.21. The van der Waals surface area contributed by atoms with E-state index in [9.17, 15) is 31.0 Å². The lowest BCUT2D eigenvalue weighted by Crippen LogP contribution is -2.22. The van der Waals surface area contributed by atoms with Gasteiger partial charge in [-0.25, -0.2) is 0 Å². The van der Waals surface area contributed by atoms with Crippen molar-refractivity contribution in [1.29, 1.82) is 0 Å². The van der Waals surface area contributed by atoms with Gasteiger partial charge in [-0.05, 0) is 115 Å². The molecular formula is C40H38N6O7S2. The van der Waals surface area contributed by atoms with E-state index in [4.69, 9.17) is 0 Å². The Morgan fingerprint density at radius 1 is 0.673 bits per heavy atom. The number of fused-ring (bicyclic) bond motifs is 1. The van der Waals surface area contributed by atoms with Gasteiger partial charge in [-0.1, -0.05) is 43.3 Å². The van der Waals surface area contributed by atoms with E-state index in [0.29, 0.717) is 41.2 Å². The van der Waals surface area contributed by atoms with Crippen LogP contribution in [0, 0.1) is 6.92 Å². The number of nitrogens with zero attached hydrogens (tertiary/aromatic N) is 5. The SMILES string of the molecule is CCc1cccc(C)c1Nc1ccc2cc(S(=O)(=O)O)cc(O)c2c1N=Nc1ccc(N=Nc2ccc(N(CC)Cc3cccc(S(=O)(=O)O)c3)cc2)cc1. The third-order valence-electron chi connectivity index (χ3n) is 8.90. The van der Waals surface area contributed by atoms with E-state index in [0.717, 1.165) is 40.6 Å². The second kappa shape index (κ2) is 16.2. The molecule has 0 aliphatic carbocycles. The van der Waals surface area contributed by atoms with Crippen LogP contribution in [0.1, 0.15) is 30.5 Å². The van der Waals surface area contributed by atoms with Gasteiger partial charge in [-0.3, -0.25) is 9.11 Å². The standard InChI is InChI=1S/C40H38N6O7S2/c1-4-28-10-6-8-26(3)39(28)41-36-21-12-29-23-35(55(51,52)53)24-37(47)38(29)40(36)45-44-31-15-13-30(14-16-31)42-43-32-17-19-33(20-18-32)46(5-2)25-27-9-7-11-34(22-27)54(48,49)50/h6-24,41,47H,4-5,25H2,1-3H3,(H,48,49,50)(H,51,52,53). The van der Waals surface area contributed by atoms with Crippen molar-refractivity contribution in [2.24, 2.45) is 20.5 Å². The summed E-state index contributed by atoms with van der Waals surface area (Å²) in [5, 5.41) is 32.7. The first-order chi connectivity index (χ1) is 26.2. The van der Waals surface area contributed by atoms with Gasteiger partial charge in [-0.2, -0.15) is 32.2 Å². The lowest BCUT2D eigenvalue weighted by atomic mass is 10.0. The third-order valence-corrected chi connectivity index (χ3v) is 10.6. The summed E-state index contributed by atoms with van der Waals surface area (Å²) in [6.07, 6.45) is 0.767. The number of rotatable bonds is 13. The summed E-state index contributed by atoms with van der Waals surface area (Å²) in [6, 6.07) is 32.1. The van der Waals surface area contributed by atoms with Gasteiger partial charge in [-0.15, -0.1) is 5.11 Å². The van der Waals surface area contributed by atoms with E-state index in [1.165, 1.54) is 18.2 Å². The van der Waals surface area contributed by atoms with E-state index in [1.807, 2.05) is 63.2 Å². The molecule has 0 spiro atoms. The summed E-state index contributed by atoms with van der Waals surface area (Å²) in [4.78, 5) is 1.46. The van der Waals surface area contributed by atoms with Crippen LogP contribution in [0.3, 0.4) is 0 Å². The van der Waals surface area contributed by atoms with Gasteiger partial charge >= 0.3 is 0 Å². The van der Waals surface area contributed by atoms with Crippen molar-refractivity contribution in [3.63, 3.8) is 0 Å². The Morgan fingerprint density at radius 2 is 1.27 bits per heavy atom. The number of hydrogen-bond donors (Lipinski definition) is 4. The van der Waals surface area contributed by atoms with Crippen molar-refractivity contribution in [1.82, 2.24) is 0 Å². The Kier molecular flexibility index (Phi) is 11.4. The molecule has 0 aromatic heterocycles. The van der Waals surface area contributed by atoms with Crippen LogP contribution in [0.2, 0.25) is 0 Å². The van der Waals surface area contributed by atoms with Crippen LogP contribution in [0.25, 0.3) is 10.8 Å². The zero-order chi connectivity index (χ0) is 39.3. The van der Waals surface area contributed by atoms with Crippen molar-refractivity contribution in [3.8, 4) is 5.75 Å². The highest BCUT2D eigenvalue weighted by atomic mass is 32.2. The quantitative estimate of drug-likeness (QED) is 0.0652. The smallest absolute Gasteiger partial charge is 0.294 e. The number of phenols is 1. The van der Waals surface area contributed by atoms with Crippen molar-refractivity contribution in [2.75, 3.05) is 16.8 Å². The van der Waals surface area contributed by atoms with Gasteiger partial charge in [0.1, 0.15) is 11.4 Å². The Hall–Kier alpha value is -6.00. The molecule has 0 amide bonds. The predicted octanol–water partition coefficient (Wildman–Crippen LogP) is 10.5. The van der Waals surface area contributed by atoms with E-state index in [1.54, 1.807) is 48.5 Å². The molecule has 4 N–H and O–H groups in total. The molecule has 0 aliphatic heterocycles. The lowest BCUT2D eigenvalue weighted by Gasteiger charge is -2.23. The van der Waals surface area contributed by atoms with Crippen molar-refractivity contribution in [3.05, 3.63) is 132 Å². The summed E-state index contributed by atoms with van der Waals surface area (Å²) in [5.74, 6) is -0.389. The first-order valence-corrected chi connectivity index (χ1v) is 20.1. The largest absolute Gasteiger partial charge is 0.507 e. The molecule has 15 heteroatoms. The molecule has 0 saturated heterocycles. The Balaban J connectivity index is 1.22. The maximum absolute atomic E-state index is 11.9. The summed E-state index contributed by atoms with van der Waals surface area (Å²) < 4.78 is 65.9. The van der Waals surface area contributed by atoms with Gasteiger partial charge < -0.3 is 15.3 Å². The Labute approximate surface area is 319 Å². The summed E-state index contributed by atoms with van der Waals surface area (Å²) in [5.41, 5.74) is 7.03. The molecule has 0 atom stereocenters. The highest BCUT2D eigenvalue weighted by Gasteiger charge is 2.19. The fourth-order valence-electron chi connectivity index (χ4n) is 6.04. The fourth-order valence-corrected chi connectivity index (χ4v) is 7.13. The first kappa shape index (κ1) is 38.7. The normalized spacial score (nSPS) is 12.2. The van der Waals surface area contributed by atoms with Crippen molar-refractivity contribution in [2.45, 2.75) is 43.5 Å². The number of nitrogens with one attached hydrogen (secondary N) is 1. The van der Waals surface area contributed by atoms with Crippen molar-refractivity contribution >= 4 is 70.8 Å². The Morgan fingerprint density at radius 3 is 1.87 bits per heavy atom. The molecule has 0 aliphatic rings. The molecule has 6 aromatic carbocycles. The average molecular weight is 779 g/mol. The molecule has 0 radical (unpaired) electrons. The van der Waals surface area contributed by atoms with Crippen LogP contribution in [-0.4, -0.2) is 37.6 Å². The number of anilines is 3. The lowest BCUT2D eigenvalue weighted by molar-refractivity contribution is 0.471. The summed E-state index contributed by atoms with van der Waals surface area (Å²) in [6.45, 7) is 7.11. The predicted molar refractivity (Wildman–Crippen MR) is 213 cm³/mol. The maximum Gasteiger partial charge on any atom is 0.294 e. The van der Waals surface area contributed by atoms with E-state index in [-0.39, 0.29) is 21.7 Å². The van der Waals surface area contributed by atoms with Crippen LogP contribution < -0.4 is 10.2 Å². The maximum atomic E-state index is 11.9. The Bertz CT molecular complexity index is 2650. The van der Waals surface area contributed by atoms with Gasteiger partial charge in [0, 0.05) is 30.5 Å². The zero-order valence-corrected chi connectivity index (χ0v) is 31.8. The molecule has 0 saturated carbocycles. The van der Waals surface area contributed by atoms with Crippen LogP contribution in [0.15, 0.2) is 146 Å². The fraction of sp³-hybridized carbons (Fsp3) is 0.150. The van der Waals surface area contributed by atoms with Crippen molar-refractivity contribution < 1.29 is 31.0 Å². The minimum absolute atomic E-state index is 0.150. The van der Waals surface area contributed by atoms with E-state index in [2.05, 4.69) is 30.7 Å². The summed E-state index contributed by atoms with van der Waals surface area (Å²) >= 11 is 0. The van der Waals surface area contributed by atoms with Gasteiger partial charge in [0.05, 0.1) is 37.9 Å². The van der Waals surface area contributed by atoms with Crippen LogP contribution >= 0.6 is 0 Å². The highest BCUT2D eigenvalue weighted by molar-refractivity contribution is 7.86. The van der Waals surface area contributed by atoms with Gasteiger partial charge in [0.2, 0.25) is 0 Å². The highest BCUT2D eigenvalue weighted by Crippen LogP contribution is 2.43. The molecule has 6 aromatic rings. The van der Waals surface area contributed by atoms with Crippen LogP contribution in [0.5, 0.6) is 5.75 Å². The molecule has 0 bridgehead atoms. The number of para-hydroxylation sites is 1. The molecule has 0 fully saturated rings. The molecule has 13 nitrogen and oxygen atoms in total. The summed E-state index contributed by atoms with van der Waals surface area (Å²) in [7, 11) is -8.87. The number of azo groups is 2. The average Bonchev–Trinajstić information content (AvgIpc) is 3.16. The molecule has 0 unspecified atom stereocenters. The number of benzene rings is 6. The van der Waals surface area contributed by atoms with E-state index >= 15 is 0 Å². The molecule has 282 valence electrons. The minimum Gasteiger partial charge on any atom is -0.507 e. The monoisotopic (exact) mass is 778 g/mol. The van der Waals surface area contributed by atoms with E-state index < -0.39 is 25.1 Å². The molecule has 6 rings (SSSR count). The molecule has 55 heavy (non-hydrogen) atoms. The number of hydrogen-bond acceptors (Lipinski definition) is 11. The number of aromatic hydroxyl groups is 1. The number of aryl methyl sites for hydroxylation is 2. The van der Waals surface area contributed by atoms with Crippen LogP contribution in [-0.2, 0) is 33.2 Å². The second-order valence-electron chi connectivity index (χ2n) is 12.6. The van der Waals surface area contributed by atoms with Crippen LogP contribution in [0.4, 0.5) is 39.8 Å². The number of phenolic OH excluding ortho intramolecular Hbond substituents is 1. The minimum atomic E-state index is -4.58. The second-order valence-corrected chi connectivity index (χ2v) is 15.5.